The van der Waals surface area contributed by atoms with E-state index in [9.17, 15) is 29.4 Å². The van der Waals surface area contributed by atoms with Crippen molar-refractivity contribution in [3.05, 3.63) is 0 Å². The van der Waals surface area contributed by atoms with Crippen molar-refractivity contribution in [1.29, 1.82) is 0 Å². The highest BCUT2D eigenvalue weighted by atomic mass is 28.4. The highest BCUT2D eigenvalue weighted by Gasteiger charge is 2.41. The number of hydrogen-bond donors (Lipinski definition) is 2. The van der Waals surface area contributed by atoms with Crippen molar-refractivity contribution < 1.29 is 90.3 Å². The topological polar surface area (TPSA) is 229 Å². The third-order valence-electron chi connectivity index (χ3n) is 13.2. The second kappa shape index (κ2) is 29.9. The second-order valence-corrected chi connectivity index (χ2v) is 42.3. The third-order valence-corrected chi connectivity index (χ3v) is 30.6. The fourth-order valence-electron chi connectivity index (χ4n) is 4.16. The van der Waals surface area contributed by atoms with Gasteiger partial charge in [-0.3, -0.25) is 9.15 Å². The van der Waals surface area contributed by atoms with Gasteiger partial charge in [-0.1, -0.05) is 83.1 Å². The van der Waals surface area contributed by atoms with Crippen LogP contribution in [0.5, 0.6) is 0 Å². The molecule has 0 aromatic carbocycles. The number of aliphatic hydroxyl groups excluding tert-OH is 2. The van der Waals surface area contributed by atoms with Crippen molar-refractivity contribution in [2.75, 3.05) is 79.3 Å². The molecule has 0 heterocycles. The molecule has 2 N–H and O–H groups in total. The Balaban J connectivity index is 5.48. The summed E-state index contributed by atoms with van der Waals surface area (Å²) in [4.78, 5) is 61.1. The molecule has 0 aliphatic heterocycles. The maximum atomic E-state index is 12.8. The monoisotopic (exact) mass is 1060 g/mol. The number of ether oxygens (including phenoxy) is 7. The Kier molecular flexibility index (Phi) is 29.1. The van der Waals surface area contributed by atoms with Gasteiger partial charge in [-0.15, -0.1) is 0 Å². The van der Waals surface area contributed by atoms with Crippen LogP contribution < -0.4 is 0 Å². The zero-order valence-electron chi connectivity index (χ0n) is 46.0. The van der Waals surface area contributed by atoms with Crippen LogP contribution in [0.3, 0.4) is 0 Å². The quantitative estimate of drug-likeness (QED) is 0.0160. The Morgan fingerprint density at radius 3 is 1.00 bits per heavy atom. The molecule has 2 atom stereocenters. The lowest BCUT2D eigenvalue weighted by Crippen LogP contribution is -2.42. The molecule has 0 amide bonds. The Morgan fingerprint density at radius 1 is 0.420 bits per heavy atom. The molecular weight excluding hydrogens is 969 g/mol. The van der Waals surface area contributed by atoms with E-state index in [0.29, 0.717) is 0 Å². The summed E-state index contributed by atoms with van der Waals surface area (Å²) in [6, 6.07) is 0. The normalized spacial score (nSPS) is 14.9. The van der Waals surface area contributed by atoms with Crippen LogP contribution in [-0.2, 0) is 80.1 Å². The standard InChI is InChI=1S/C46H94O19Si4/c1-43(2,3)66(13,14)62-23-21-37(47)41(51)58-31-36(32-59-42(52)38(48)22-24-63-67(15,16)44(4,5)6)55-28-26-53-25-27-54-35(29-56-39(49)33-60-64-68(17,18)45(7,8)9)30-57-40(50)34-61-65-69(19,20)46(10,11)12/h35-38,47-48H,21-34H2,1-20H3. The van der Waals surface area contributed by atoms with Gasteiger partial charge in [0.05, 0.1) is 26.4 Å². The van der Waals surface area contributed by atoms with Crippen LogP contribution in [0.15, 0.2) is 0 Å². The number of esters is 4. The summed E-state index contributed by atoms with van der Waals surface area (Å²) in [5.41, 5.74) is 0. The SMILES string of the molecule is CC(C)(C)[Si](C)(C)OCCC(O)C(=O)OCC(COC(=O)C(O)CCO[Si](C)(C)C(C)(C)C)OCCOCCOC(COC(=O)COO[Si](C)(C)C(C)(C)C)COC(=O)COO[Si](C)(C)C(C)(C)C. The van der Waals surface area contributed by atoms with E-state index < -0.39 is 94.8 Å². The fraction of sp³-hybridized carbons (Fsp3) is 0.913. The molecule has 23 heteroatoms. The Morgan fingerprint density at radius 2 is 0.710 bits per heavy atom. The summed E-state index contributed by atoms with van der Waals surface area (Å²) >= 11 is 0. The van der Waals surface area contributed by atoms with Gasteiger partial charge in [0, 0.05) is 26.1 Å². The summed E-state index contributed by atoms with van der Waals surface area (Å²) in [5.74, 6) is -3.21. The number of rotatable bonds is 34. The number of carbonyl (C=O) groups is 4. The first kappa shape index (κ1) is 67.3. The van der Waals surface area contributed by atoms with E-state index in [1.165, 1.54) is 0 Å². The summed E-state index contributed by atoms with van der Waals surface area (Å²) in [6.45, 7) is 39.0. The van der Waals surface area contributed by atoms with Gasteiger partial charge in [0.2, 0.25) is 16.6 Å². The van der Waals surface area contributed by atoms with E-state index in [0.717, 1.165) is 0 Å². The van der Waals surface area contributed by atoms with E-state index in [-0.39, 0.29) is 99.1 Å². The van der Waals surface area contributed by atoms with Crippen LogP contribution in [0.2, 0.25) is 72.5 Å². The van der Waals surface area contributed by atoms with Gasteiger partial charge in [-0.2, -0.15) is 0 Å². The second-order valence-electron chi connectivity index (χ2n) is 23.3. The Labute approximate surface area is 418 Å². The van der Waals surface area contributed by atoms with Crippen molar-refractivity contribution >= 4 is 57.1 Å². The van der Waals surface area contributed by atoms with E-state index >= 15 is 0 Å². The summed E-state index contributed by atoms with van der Waals surface area (Å²) in [5, 5.41) is 20.7. The minimum atomic E-state index is -2.29. The molecule has 0 bridgehead atoms. The van der Waals surface area contributed by atoms with E-state index in [1.807, 2.05) is 67.7 Å². The molecule has 0 aromatic rings. The highest BCUT2D eigenvalue weighted by molar-refractivity contribution is 6.75. The minimum absolute atomic E-state index is 0.0115. The van der Waals surface area contributed by atoms with Crippen LogP contribution in [-0.4, -0.2) is 171 Å². The molecule has 0 aliphatic carbocycles. The van der Waals surface area contributed by atoms with Crippen molar-refractivity contribution in [2.24, 2.45) is 0 Å². The van der Waals surface area contributed by atoms with Gasteiger partial charge < -0.3 is 52.2 Å². The predicted molar refractivity (Wildman–Crippen MR) is 270 cm³/mol. The molecule has 2 unspecified atom stereocenters. The molecule has 408 valence electrons. The van der Waals surface area contributed by atoms with Crippen LogP contribution >= 0.6 is 0 Å². The first-order chi connectivity index (χ1) is 31.3. The molecule has 19 nitrogen and oxygen atoms in total. The van der Waals surface area contributed by atoms with Crippen LogP contribution in [0.4, 0.5) is 0 Å². The maximum absolute atomic E-state index is 12.8. The van der Waals surface area contributed by atoms with Crippen molar-refractivity contribution in [1.82, 2.24) is 0 Å². The molecular formula is C46H94O19Si4. The largest absolute Gasteiger partial charge is 0.461 e. The molecule has 0 aliphatic rings. The third kappa shape index (κ3) is 27.3. The van der Waals surface area contributed by atoms with Gasteiger partial charge in [-0.25, -0.2) is 29.0 Å². The molecule has 0 rings (SSSR count). The summed E-state index contributed by atoms with van der Waals surface area (Å²) in [6.07, 6.45) is -4.73. The molecule has 0 saturated heterocycles. The number of aliphatic hydroxyl groups is 2. The average molecular weight is 1060 g/mol. The smallest absolute Gasteiger partial charge is 0.335 e. The van der Waals surface area contributed by atoms with Crippen LogP contribution in [0.25, 0.3) is 0 Å². The van der Waals surface area contributed by atoms with Gasteiger partial charge in [0.1, 0.15) is 38.6 Å². The number of hydrogen-bond acceptors (Lipinski definition) is 19. The first-order valence-corrected chi connectivity index (χ1v) is 35.6. The van der Waals surface area contributed by atoms with E-state index in [4.69, 9.17) is 60.9 Å². The zero-order valence-corrected chi connectivity index (χ0v) is 50.0. The predicted octanol–water partition coefficient (Wildman–Crippen LogP) is 7.40. The van der Waals surface area contributed by atoms with Crippen molar-refractivity contribution in [2.45, 2.75) is 193 Å². The lowest BCUT2D eigenvalue weighted by molar-refractivity contribution is -0.230. The first-order valence-electron chi connectivity index (χ1n) is 24.0. The molecule has 0 spiro atoms. The Bertz CT molecular complexity index is 1420. The average Bonchev–Trinajstić information content (AvgIpc) is 3.19. The maximum Gasteiger partial charge on any atom is 0.335 e. The molecule has 0 saturated carbocycles. The van der Waals surface area contributed by atoms with Gasteiger partial charge in [0.25, 0.3) is 0 Å². The van der Waals surface area contributed by atoms with Crippen LogP contribution in [0, 0.1) is 0 Å². The number of carbonyl (C=O) groups excluding carboxylic acids is 4. The lowest BCUT2D eigenvalue weighted by Gasteiger charge is -2.36. The Hall–Kier alpha value is -1.69. The summed E-state index contributed by atoms with van der Waals surface area (Å²) < 4.78 is 62.2. The van der Waals surface area contributed by atoms with Crippen molar-refractivity contribution in [3.8, 4) is 0 Å². The molecule has 0 fully saturated rings. The summed E-state index contributed by atoms with van der Waals surface area (Å²) in [7, 11) is -8.78. The fourth-order valence-corrected chi connectivity index (χ4v) is 7.49. The zero-order chi connectivity index (χ0) is 53.7. The molecule has 69 heavy (non-hydrogen) atoms. The lowest BCUT2D eigenvalue weighted by atomic mass is 10.2. The van der Waals surface area contributed by atoms with E-state index in [2.05, 4.69) is 67.7 Å². The minimum Gasteiger partial charge on any atom is -0.461 e. The van der Waals surface area contributed by atoms with Crippen molar-refractivity contribution in [3.63, 3.8) is 0 Å². The molecule has 0 aromatic heterocycles. The van der Waals surface area contributed by atoms with Crippen LogP contribution in [0.1, 0.15) is 95.9 Å². The van der Waals surface area contributed by atoms with Gasteiger partial charge in [-0.05, 0) is 72.5 Å². The molecule has 0 radical (unpaired) electrons. The van der Waals surface area contributed by atoms with E-state index in [1.54, 1.807) is 0 Å². The van der Waals surface area contributed by atoms with Gasteiger partial charge >= 0.3 is 23.9 Å². The highest BCUT2D eigenvalue weighted by Crippen LogP contribution is 2.39. The van der Waals surface area contributed by atoms with Gasteiger partial charge in [0.15, 0.2) is 42.1 Å².